The molecular weight excluding hydrogens is 440 g/mol. The number of anilines is 1. The second-order valence-corrected chi connectivity index (χ2v) is 7.20. The van der Waals surface area contributed by atoms with Gasteiger partial charge in [0.2, 0.25) is 11.7 Å². The summed E-state index contributed by atoms with van der Waals surface area (Å²) < 4.78 is 53.6. The number of hydrogen-bond donors (Lipinski definition) is 1. The van der Waals surface area contributed by atoms with Crippen LogP contribution < -0.4 is 5.32 Å². The Morgan fingerprint density at radius 3 is 2.55 bits per heavy atom. The van der Waals surface area contributed by atoms with Gasteiger partial charge in [-0.15, -0.1) is 0 Å². The third kappa shape index (κ3) is 5.81. The highest BCUT2D eigenvalue weighted by Gasteiger charge is 2.31. The second kappa shape index (κ2) is 9.16. The van der Waals surface area contributed by atoms with E-state index in [4.69, 9.17) is 0 Å². The van der Waals surface area contributed by atoms with Crippen molar-refractivity contribution in [2.75, 3.05) is 11.1 Å². The summed E-state index contributed by atoms with van der Waals surface area (Å²) >= 11 is 0.776. The molecule has 0 fully saturated rings. The molecule has 0 bridgehead atoms. The topological polar surface area (TPSA) is 90.1 Å². The number of carbonyl (C=O) groups is 1. The minimum atomic E-state index is -4.51. The van der Waals surface area contributed by atoms with Crippen LogP contribution in [0.15, 0.2) is 59.9 Å². The van der Waals surface area contributed by atoms with Gasteiger partial charge in [-0.3, -0.25) is 14.9 Å². The van der Waals surface area contributed by atoms with Crippen molar-refractivity contribution in [3.05, 3.63) is 70.7 Å². The summed E-state index contributed by atoms with van der Waals surface area (Å²) in [6, 6.07) is 11.2. The smallest absolute Gasteiger partial charge is 0.325 e. The number of halogens is 4. The first-order chi connectivity index (χ1) is 14.6. The van der Waals surface area contributed by atoms with Crippen molar-refractivity contribution < 1.29 is 27.3 Å². The monoisotopic (exact) mass is 454 g/mol. The quantitative estimate of drug-likeness (QED) is 0.238. The molecule has 0 spiro atoms. The van der Waals surface area contributed by atoms with Crippen LogP contribution in [0.2, 0.25) is 0 Å². The number of nitro groups is 1. The van der Waals surface area contributed by atoms with Gasteiger partial charge in [-0.1, -0.05) is 42.1 Å². The Bertz CT molecular complexity index is 1100. The second-order valence-electron chi connectivity index (χ2n) is 6.25. The molecule has 0 saturated carbocycles. The lowest BCUT2D eigenvalue weighted by Gasteiger charge is -2.14. The summed E-state index contributed by atoms with van der Waals surface area (Å²) in [5.41, 5.74) is -0.0369. The zero-order valence-corrected chi connectivity index (χ0v) is 16.4. The molecule has 31 heavy (non-hydrogen) atoms. The van der Waals surface area contributed by atoms with Crippen LogP contribution in [0.3, 0.4) is 0 Å². The summed E-state index contributed by atoms with van der Waals surface area (Å²) in [5, 5.41) is 13.1. The number of nitrogens with one attached hydrogen (secondary N) is 1. The zero-order chi connectivity index (χ0) is 22.6. The molecule has 0 aliphatic carbocycles. The summed E-state index contributed by atoms with van der Waals surface area (Å²) in [4.78, 5) is 26.0. The van der Waals surface area contributed by atoms with Gasteiger partial charge in [-0.2, -0.15) is 17.6 Å². The Kier molecular flexibility index (Phi) is 6.59. The van der Waals surface area contributed by atoms with E-state index >= 15 is 0 Å². The molecule has 3 aromatic rings. The van der Waals surface area contributed by atoms with Crippen LogP contribution in [0.5, 0.6) is 0 Å². The molecule has 0 aliphatic rings. The summed E-state index contributed by atoms with van der Waals surface area (Å²) in [6.07, 6.45) is -3.21. The SMILES string of the molecule is O=C(CSc1ncc(-c2ccccc2)n1CC(F)(F)F)Nc1ccc(F)c([N+](=O)[O-])c1. The van der Waals surface area contributed by atoms with Gasteiger partial charge in [0, 0.05) is 11.8 Å². The zero-order valence-electron chi connectivity index (χ0n) is 15.6. The van der Waals surface area contributed by atoms with Gasteiger partial charge in [-0.25, -0.2) is 4.98 Å². The largest absolute Gasteiger partial charge is 0.406 e. The average molecular weight is 454 g/mol. The molecule has 0 atom stereocenters. The first-order valence-corrected chi connectivity index (χ1v) is 9.67. The average Bonchev–Trinajstić information content (AvgIpc) is 3.09. The van der Waals surface area contributed by atoms with Crippen LogP contribution in [0.1, 0.15) is 0 Å². The van der Waals surface area contributed by atoms with Gasteiger partial charge in [0.25, 0.3) is 0 Å². The molecule has 162 valence electrons. The van der Waals surface area contributed by atoms with Crippen molar-refractivity contribution in [2.24, 2.45) is 0 Å². The number of benzene rings is 2. The van der Waals surface area contributed by atoms with Gasteiger partial charge < -0.3 is 9.88 Å². The van der Waals surface area contributed by atoms with Crippen LogP contribution in [0.25, 0.3) is 11.3 Å². The number of thioether (sulfide) groups is 1. The van der Waals surface area contributed by atoms with Crippen molar-refractivity contribution in [3.8, 4) is 11.3 Å². The molecule has 1 N–H and O–H groups in total. The molecule has 0 aliphatic heterocycles. The van der Waals surface area contributed by atoms with E-state index in [2.05, 4.69) is 10.3 Å². The van der Waals surface area contributed by atoms with E-state index in [0.717, 1.165) is 34.5 Å². The fourth-order valence-corrected chi connectivity index (χ4v) is 3.48. The lowest BCUT2D eigenvalue weighted by Crippen LogP contribution is -2.20. The van der Waals surface area contributed by atoms with Crippen LogP contribution >= 0.6 is 11.8 Å². The number of rotatable bonds is 7. The number of hydrogen-bond acceptors (Lipinski definition) is 5. The summed E-state index contributed by atoms with van der Waals surface area (Å²) in [6.45, 7) is -1.29. The molecular formula is C19H14F4N4O3S. The highest BCUT2D eigenvalue weighted by Crippen LogP contribution is 2.30. The predicted octanol–water partition coefficient (Wildman–Crippen LogP) is 4.89. The minimum Gasteiger partial charge on any atom is -0.325 e. The first-order valence-electron chi connectivity index (χ1n) is 8.68. The Labute approximate surface area is 177 Å². The minimum absolute atomic E-state index is 0.0118. The van der Waals surface area contributed by atoms with Gasteiger partial charge in [0.15, 0.2) is 5.16 Å². The molecule has 0 radical (unpaired) electrons. The van der Waals surface area contributed by atoms with Gasteiger partial charge in [-0.05, 0) is 17.7 Å². The number of nitrogens with zero attached hydrogens (tertiary/aromatic N) is 3. The molecule has 0 saturated heterocycles. The highest BCUT2D eigenvalue weighted by molar-refractivity contribution is 7.99. The van der Waals surface area contributed by atoms with Gasteiger partial charge >= 0.3 is 11.9 Å². The molecule has 7 nitrogen and oxygen atoms in total. The molecule has 1 amide bonds. The fourth-order valence-electron chi connectivity index (χ4n) is 2.70. The third-order valence-corrected chi connectivity index (χ3v) is 4.98. The van der Waals surface area contributed by atoms with E-state index in [-0.39, 0.29) is 22.3 Å². The van der Waals surface area contributed by atoms with Crippen molar-refractivity contribution >= 4 is 29.0 Å². The number of nitro benzene ring substituents is 1. The first kappa shape index (κ1) is 22.3. The number of alkyl halides is 3. The number of carbonyl (C=O) groups excluding carboxylic acids is 1. The Morgan fingerprint density at radius 2 is 1.90 bits per heavy atom. The van der Waals surface area contributed by atoms with E-state index in [0.29, 0.717) is 5.56 Å². The lowest BCUT2D eigenvalue weighted by molar-refractivity contribution is -0.387. The summed E-state index contributed by atoms with van der Waals surface area (Å²) in [7, 11) is 0. The normalized spacial score (nSPS) is 11.4. The van der Waals surface area contributed by atoms with Crippen molar-refractivity contribution in [1.29, 1.82) is 0 Å². The maximum atomic E-state index is 13.4. The predicted molar refractivity (Wildman–Crippen MR) is 106 cm³/mol. The maximum Gasteiger partial charge on any atom is 0.406 e. The number of aromatic nitrogens is 2. The van der Waals surface area contributed by atoms with Crippen LogP contribution in [0, 0.1) is 15.9 Å². The summed E-state index contributed by atoms with van der Waals surface area (Å²) in [5.74, 6) is -2.01. The van der Waals surface area contributed by atoms with E-state index in [9.17, 15) is 32.5 Å². The fraction of sp³-hybridized carbons (Fsp3) is 0.158. The van der Waals surface area contributed by atoms with Crippen molar-refractivity contribution in [1.82, 2.24) is 9.55 Å². The highest BCUT2D eigenvalue weighted by atomic mass is 32.2. The molecule has 12 heteroatoms. The molecule has 0 unspecified atom stereocenters. The van der Waals surface area contributed by atoms with Gasteiger partial charge in [0.05, 0.1) is 22.6 Å². The Morgan fingerprint density at radius 1 is 1.19 bits per heavy atom. The van der Waals surface area contributed by atoms with Gasteiger partial charge in [0.1, 0.15) is 6.54 Å². The lowest BCUT2D eigenvalue weighted by atomic mass is 10.2. The molecule has 1 aromatic heterocycles. The third-order valence-electron chi connectivity index (χ3n) is 3.98. The van der Waals surface area contributed by atoms with E-state index < -0.39 is 35.1 Å². The van der Waals surface area contributed by atoms with Crippen LogP contribution in [0.4, 0.5) is 28.9 Å². The number of imidazole rings is 1. The molecule has 3 rings (SSSR count). The Balaban J connectivity index is 1.75. The van der Waals surface area contributed by atoms with E-state index in [1.807, 2.05) is 0 Å². The molecule has 1 heterocycles. The van der Waals surface area contributed by atoms with Crippen molar-refractivity contribution in [3.63, 3.8) is 0 Å². The Hall–Kier alpha value is -3.41. The number of amides is 1. The van der Waals surface area contributed by atoms with Crippen LogP contribution in [-0.4, -0.2) is 32.3 Å². The van der Waals surface area contributed by atoms with E-state index in [1.54, 1.807) is 30.3 Å². The maximum absolute atomic E-state index is 13.4. The standard InChI is InChI=1S/C19H14F4N4O3S/c20-14-7-6-13(8-15(14)27(29)30)25-17(28)10-31-18-24-9-16(12-4-2-1-3-5-12)26(18)11-19(21,22)23/h1-9H,10-11H2,(H,25,28). The van der Waals surface area contributed by atoms with E-state index in [1.165, 1.54) is 6.20 Å². The molecule has 2 aromatic carbocycles. The van der Waals surface area contributed by atoms with Crippen molar-refractivity contribution in [2.45, 2.75) is 17.9 Å². The van der Waals surface area contributed by atoms with Crippen LogP contribution in [-0.2, 0) is 11.3 Å².